The van der Waals surface area contributed by atoms with Crippen molar-refractivity contribution in [2.75, 3.05) is 13.1 Å². The molecule has 0 aliphatic carbocycles. The quantitative estimate of drug-likeness (QED) is 0.886. The normalized spacial score (nSPS) is 20.3. The first-order valence-corrected chi connectivity index (χ1v) is 7.38. The Hall–Kier alpha value is -2.87. The lowest BCUT2D eigenvalue weighted by atomic mass is 9.87. The van der Waals surface area contributed by atoms with Gasteiger partial charge in [-0.3, -0.25) is 4.79 Å². The van der Waals surface area contributed by atoms with E-state index in [0.717, 1.165) is 16.7 Å². The third-order valence-electron chi connectivity index (χ3n) is 4.21. The van der Waals surface area contributed by atoms with Crippen LogP contribution in [0.3, 0.4) is 0 Å². The number of alkyl halides is 1. The molecule has 0 spiro atoms. The second-order valence-corrected chi connectivity index (χ2v) is 5.66. The number of amides is 1. The summed E-state index contributed by atoms with van der Waals surface area (Å²) in [5, 5.41) is 9.01. The average Bonchev–Trinajstić information content (AvgIpc) is 2.96. The number of hydrogen-bond donors (Lipinski definition) is 1. The summed E-state index contributed by atoms with van der Waals surface area (Å²) in [5.74, 6) is -0.999. The van der Waals surface area contributed by atoms with Crippen LogP contribution >= 0.6 is 0 Å². The first-order valence-electron chi connectivity index (χ1n) is 7.38. The fourth-order valence-electron chi connectivity index (χ4n) is 3.04. The number of nitrogens with zero attached hydrogens (tertiary/aromatic N) is 2. The summed E-state index contributed by atoms with van der Waals surface area (Å²) < 4.78 is 14.4. The Balaban J connectivity index is 2.11. The van der Waals surface area contributed by atoms with E-state index >= 15 is 0 Å². The van der Waals surface area contributed by atoms with E-state index in [1.54, 1.807) is 18.2 Å². The summed E-state index contributed by atoms with van der Waals surface area (Å²) in [6.45, 7) is 0.385. The van der Waals surface area contributed by atoms with E-state index in [4.69, 9.17) is 11.0 Å². The zero-order valence-electron chi connectivity index (χ0n) is 12.4. The molecule has 1 amide bonds. The van der Waals surface area contributed by atoms with E-state index in [1.807, 2.05) is 36.5 Å². The summed E-state index contributed by atoms with van der Waals surface area (Å²) in [6, 6.07) is 14.7. The predicted molar refractivity (Wildman–Crippen MR) is 85.2 cm³/mol. The molecule has 0 saturated carbocycles. The molecule has 2 aromatic rings. The zero-order valence-corrected chi connectivity index (χ0v) is 12.4. The maximum Gasteiger partial charge on any atom is 0.248 e. The van der Waals surface area contributed by atoms with Crippen LogP contribution in [0.5, 0.6) is 0 Å². The van der Waals surface area contributed by atoms with Crippen LogP contribution in [0.1, 0.15) is 21.8 Å². The van der Waals surface area contributed by atoms with Gasteiger partial charge in [0.1, 0.15) is 6.17 Å². The van der Waals surface area contributed by atoms with Crippen molar-refractivity contribution in [2.24, 2.45) is 5.73 Å². The molecule has 2 aromatic carbocycles. The monoisotopic (exact) mass is 309 g/mol. The number of hydrogen-bond acceptors (Lipinski definition) is 3. The Morgan fingerprint density at radius 1 is 1.22 bits per heavy atom. The van der Waals surface area contributed by atoms with Crippen molar-refractivity contribution in [3.8, 4) is 17.3 Å². The van der Waals surface area contributed by atoms with Gasteiger partial charge >= 0.3 is 0 Å². The Morgan fingerprint density at radius 3 is 2.57 bits per heavy atom. The number of likely N-dealkylation sites (tertiary alicyclic amines) is 1. The molecule has 1 aliphatic rings. The molecule has 3 rings (SSSR count). The van der Waals surface area contributed by atoms with Crippen molar-refractivity contribution < 1.29 is 9.18 Å². The molecule has 2 atom stereocenters. The lowest BCUT2D eigenvalue weighted by Crippen LogP contribution is -2.16. The van der Waals surface area contributed by atoms with E-state index < -0.39 is 18.0 Å². The Labute approximate surface area is 133 Å². The third-order valence-corrected chi connectivity index (χ3v) is 4.21. The maximum absolute atomic E-state index is 14.4. The van der Waals surface area contributed by atoms with E-state index in [2.05, 4.69) is 0 Å². The molecule has 116 valence electrons. The summed E-state index contributed by atoms with van der Waals surface area (Å²) in [5.41, 5.74) is 8.24. The van der Waals surface area contributed by atoms with Crippen molar-refractivity contribution in [3.63, 3.8) is 0 Å². The van der Waals surface area contributed by atoms with Gasteiger partial charge in [-0.05, 0) is 28.8 Å². The number of carbonyl (C=O) groups excluding carboxylic acids is 1. The van der Waals surface area contributed by atoms with E-state index in [-0.39, 0.29) is 6.54 Å². The minimum Gasteiger partial charge on any atom is -0.366 e. The summed E-state index contributed by atoms with van der Waals surface area (Å²) >= 11 is 0. The number of primary amides is 1. The van der Waals surface area contributed by atoms with Crippen LogP contribution in [0.25, 0.3) is 11.1 Å². The molecule has 1 aliphatic heterocycles. The fourth-order valence-corrected chi connectivity index (χ4v) is 3.04. The highest BCUT2D eigenvalue weighted by Gasteiger charge is 2.35. The van der Waals surface area contributed by atoms with Crippen LogP contribution in [0.15, 0.2) is 48.5 Å². The van der Waals surface area contributed by atoms with Gasteiger partial charge in [0, 0.05) is 18.0 Å². The minimum absolute atomic E-state index is 0.0796. The van der Waals surface area contributed by atoms with Crippen LogP contribution in [0.4, 0.5) is 4.39 Å². The molecule has 1 saturated heterocycles. The smallest absolute Gasteiger partial charge is 0.248 e. The largest absolute Gasteiger partial charge is 0.366 e. The number of nitriles is 1. The van der Waals surface area contributed by atoms with E-state index in [1.165, 1.54) is 4.90 Å². The fraction of sp³-hybridized carbons (Fsp3) is 0.222. The van der Waals surface area contributed by atoms with Crippen LogP contribution < -0.4 is 5.73 Å². The highest BCUT2D eigenvalue weighted by Crippen LogP contribution is 2.36. The topological polar surface area (TPSA) is 70.1 Å². The highest BCUT2D eigenvalue weighted by molar-refractivity contribution is 5.94. The van der Waals surface area contributed by atoms with Gasteiger partial charge in [-0.2, -0.15) is 5.26 Å². The van der Waals surface area contributed by atoms with Crippen LogP contribution in [-0.4, -0.2) is 30.1 Å². The number of carbonyl (C=O) groups is 1. The molecule has 0 bridgehead atoms. The van der Waals surface area contributed by atoms with Crippen LogP contribution in [-0.2, 0) is 0 Å². The third kappa shape index (κ3) is 2.88. The molecule has 0 radical (unpaired) electrons. The van der Waals surface area contributed by atoms with Gasteiger partial charge < -0.3 is 10.6 Å². The van der Waals surface area contributed by atoms with E-state index in [9.17, 15) is 9.18 Å². The molecule has 0 aromatic heterocycles. The van der Waals surface area contributed by atoms with Gasteiger partial charge in [-0.25, -0.2) is 4.39 Å². The van der Waals surface area contributed by atoms with Crippen molar-refractivity contribution in [2.45, 2.75) is 12.1 Å². The van der Waals surface area contributed by atoms with Crippen LogP contribution in [0.2, 0.25) is 0 Å². The molecule has 1 heterocycles. The van der Waals surface area contributed by atoms with Gasteiger partial charge in [-0.1, -0.05) is 36.4 Å². The first-order chi connectivity index (χ1) is 11.1. The van der Waals surface area contributed by atoms with Crippen molar-refractivity contribution in [1.82, 2.24) is 4.90 Å². The Kier molecular flexibility index (Phi) is 3.98. The highest BCUT2D eigenvalue weighted by atomic mass is 19.1. The maximum atomic E-state index is 14.4. The number of benzene rings is 2. The van der Waals surface area contributed by atoms with Crippen LogP contribution in [0, 0.1) is 11.5 Å². The molecule has 2 N–H and O–H groups in total. The molecular weight excluding hydrogens is 293 g/mol. The Morgan fingerprint density at radius 2 is 1.96 bits per heavy atom. The molecule has 23 heavy (non-hydrogen) atoms. The summed E-state index contributed by atoms with van der Waals surface area (Å²) in [7, 11) is 0. The molecular formula is C18H16FN3O. The van der Waals surface area contributed by atoms with Gasteiger partial charge in [0.05, 0.1) is 6.54 Å². The van der Waals surface area contributed by atoms with Crippen molar-refractivity contribution in [3.05, 3.63) is 59.7 Å². The average molecular weight is 309 g/mol. The summed E-state index contributed by atoms with van der Waals surface area (Å²) in [4.78, 5) is 12.9. The summed E-state index contributed by atoms with van der Waals surface area (Å²) in [6.07, 6.45) is 0.840. The van der Waals surface area contributed by atoms with Crippen molar-refractivity contribution in [1.29, 1.82) is 5.26 Å². The molecule has 1 fully saturated rings. The molecule has 2 unspecified atom stereocenters. The number of halogens is 1. The predicted octanol–water partition coefficient (Wildman–Crippen LogP) is 2.67. The van der Waals surface area contributed by atoms with Gasteiger partial charge in [0.15, 0.2) is 6.19 Å². The minimum atomic E-state index is -1.15. The number of nitrogens with two attached hydrogens (primary N) is 1. The van der Waals surface area contributed by atoms with Gasteiger partial charge in [0.25, 0.3) is 0 Å². The second-order valence-electron chi connectivity index (χ2n) is 5.66. The van der Waals surface area contributed by atoms with Gasteiger partial charge in [0.2, 0.25) is 5.91 Å². The van der Waals surface area contributed by atoms with E-state index in [0.29, 0.717) is 12.1 Å². The molecule has 4 nitrogen and oxygen atoms in total. The van der Waals surface area contributed by atoms with Crippen molar-refractivity contribution >= 4 is 5.91 Å². The standard InChI is InChI=1S/C18H16FN3O/c19-17-10-22(11-20)9-16(17)15-8-13(18(21)23)6-7-14(15)12-4-2-1-3-5-12/h1-8,16-17H,9-10H2,(H2,21,23). The second kappa shape index (κ2) is 6.09. The van der Waals surface area contributed by atoms with Gasteiger partial charge in [-0.15, -0.1) is 0 Å². The first kappa shape index (κ1) is 15.0. The Bertz CT molecular complexity index is 770. The number of rotatable bonds is 3. The zero-order chi connectivity index (χ0) is 16.4. The molecule has 5 heteroatoms. The lowest BCUT2D eigenvalue weighted by Gasteiger charge is -2.18. The lowest BCUT2D eigenvalue weighted by molar-refractivity contribution is 0.1000. The SMILES string of the molecule is N#CN1CC(F)C(c2cc(C(N)=O)ccc2-c2ccccc2)C1.